The third-order valence-electron chi connectivity index (χ3n) is 2.73. The summed E-state index contributed by atoms with van der Waals surface area (Å²) in [5.74, 6) is 0. The molecule has 16 heavy (non-hydrogen) atoms. The van der Waals surface area contributed by atoms with E-state index in [1.54, 1.807) is 13.8 Å². The van der Waals surface area contributed by atoms with Crippen molar-refractivity contribution in [3.05, 3.63) is 11.4 Å². The molecule has 2 rings (SSSR count). The summed E-state index contributed by atoms with van der Waals surface area (Å²) in [5, 5.41) is 6.58. The Hall–Kier alpha value is -0.920. The molecule has 1 aromatic rings. The molecule has 0 saturated carbocycles. The summed E-state index contributed by atoms with van der Waals surface area (Å²) >= 11 is 0. The number of rotatable bonds is 2. The van der Waals surface area contributed by atoms with Crippen LogP contribution in [0.3, 0.4) is 0 Å². The Labute approximate surface area is 94.9 Å². The molecule has 1 saturated heterocycles. The first-order valence-electron chi connectivity index (χ1n) is 5.05. The molecule has 0 spiro atoms. The van der Waals surface area contributed by atoms with Crippen LogP contribution in [-0.2, 0) is 10.0 Å². The summed E-state index contributed by atoms with van der Waals surface area (Å²) in [5.41, 5.74) is 6.48. The lowest BCUT2D eigenvalue weighted by atomic mass is 9.97. The van der Waals surface area contributed by atoms with E-state index in [9.17, 15) is 8.42 Å². The second kappa shape index (κ2) is 3.28. The summed E-state index contributed by atoms with van der Waals surface area (Å²) in [6, 6.07) is 0. The lowest BCUT2D eigenvalue weighted by molar-refractivity contribution is 0.176. The smallest absolute Gasteiger partial charge is 0.246 e. The van der Waals surface area contributed by atoms with E-state index < -0.39 is 15.6 Å². The van der Waals surface area contributed by atoms with Gasteiger partial charge in [-0.3, -0.25) is 5.10 Å². The van der Waals surface area contributed by atoms with Crippen LogP contribution in [0.25, 0.3) is 0 Å². The molecule has 0 aromatic carbocycles. The number of H-pyrrole nitrogens is 1. The lowest BCUT2D eigenvalue weighted by Gasteiger charge is -2.44. The fourth-order valence-corrected chi connectivity index (χ4v) is 4.02. The second-order valence-electron chi connectivity index (χ2n) is 4.69. The molecule has 90 valence electrons. The molecule has 0 atom stereocenters. The van der Waals surface area contributed by atoms with Gasteiger partial charge in [0.25, 0.3) is 0 Å². The van der Waals surface area contributed by atoms with Gasteiger partial charge >= 0.3 is 0 Å². The number of hydrogen-bond acceptors (Lipinski definition) is 4. The van der Waals surface area contributed by atoms with Crippen LogP contribution in [0, 0.1) is 13.8 Å². The highest BCUT2D eigenvalue weighted by molar-refractivity contribution is 7.89. The number of nitrogens with one attached hydrogen (secondary N) is 1. The van der Waals surface area contributed by atoms with Gasteiger partial charge in [-0.25, -0.2) is 8.42 Å². The highest BCUT2D eigenvalue weighted by atomic mass is 32.2. The lowest BCUT2D eigenvalue weighted by Crippen LogP contribution is -2.66. The molecule has 6 nitrogen and oxygen atoms in total. The molecule has 0 bridgehead atoms. The van der Waals surface area contributed by atoms with Crippen LogP contribution in [0.1, 0.15) is 18.3 Å². The fraction of sp³-hybridized carbons (Fsp3) is 0.667. The maximum atomic E-state index is 12.2. The number of sulfonamides is 1. The third kappa shape index (κ3) is 1.64. The molecule has 2 heterocycles. The number of aromatic nitrogens is 2. The number of aryl methyl sites for hydroxylation is 2. The van der Waals surface area contributed by atoms with Crippen molar-refractivity contribution < 1.29 is 8.42 Å². The van der Waals surface area contributed by atoms with Gasteiger partial charge in [0.1, 0.15) is 4.90 Å². The zero-order valence-corrected chi connectivity index (χ0v) is 10.4. The number of aromatic amines is 1. The highest BCUT2D eigenvalue weighted by Gasteiger charge is 2.43. The summed E-state index contributed by atoms with van der Waals surface area (Å²) in [7, 11) is -3.43. The van der Waals surface area contributed by atoms with Crippen molar-refractivity contribution in [3.8, 4) is 0 Å². The van der Waals surface area contributed by atoms with E-state index in [-0.39, 0.29) is 4.90 Å². The molecule has 1 aliphatic rings. The van der Waals surface area contributed by atoms with Crippen LogP contribution in [0.15, 0.2) is 4.90 Å². The van der Waals surface area contributed by atoms with Crippen molar-refractivity contribution in [1.29, 1.82) is 0 Å². The molecule has 1 aromatic heterocycles. The third-order valence-corrected chi connectivity index (χ3v) is 4.79. The van der Waals surface area contributed by atoms with Crippen LogP contribution >= 0.6 is 0 Å². The molecule has 0 aliphatic carbocycles. The summed E-state index contributed by atoms with van der Waals surface area (Å²) in [6.45, 7) is 5.94. The Morgan fingerprint density at radius 3 is 2.38 bits per heavy atom. The molecule has 1 fully saturated rings. The average Bonchev–Trinajstić information content (AvgIpc) is 2.42. The Kier molecular flexibility index (Phi) is 2.37. The quantitative estimate of drug-likeness (QED) is 0.750. The molecule has 7 heteroatoms. The first-order valence-corrected chi connectivity index (χ1v) is 6.49. The zero-order chi connectivity index (χ0) is 12.1. The van der Waals surface area contributed by atoms with Crippen LogP contribution < -0.4 is 5.73 Å². The second-order valence-corrected chi connectivity index (χ2v) is 6.57. The molecular formula is C9H16N4O2S. The zero-order valence-electron chi connectivity index (χ0n) is 9.61. The van der Waals surface area contributed by atoms with Crippen LogP contribution in [0.2, 0.25) is 0 Å². The van der Waals surface area contributed by atoms with Gasteiger partial charge in [0, 0.05) is 18.6 Å². The maximum Gasteiger partial charge on any atom is 0.246 e. The van der Waals surface area contributed by atoms with Gasteiger partial charge in [0.05, 0.1) is 11.4 Å². The standard InChI is InChI=1S/C9H16N4O2S/c1-6-8(7(2)12-11-6)16(14,15)13-4-9(3,10)5-13/h4-5,10H2,1-3H3,(H,11,12). The van der Waals surface area contributed by atoms with Crippen molar-refractivity contribution in [3.63, 3.8) is 0 Å². The number of nitrogens with zero attached hydrogens (tertiary/aromatic N) is 2. The minimum Gasteiger partial charge on any atom is -0.323 e. The first kappa shape index (κ1) is 11.6. The number of hydrogen-bond donors (Lipinski definition) is 2. The summed E-state index contributed by atoms with van der Waals surface area (Å²) in [6.07, 6.45) is 0. The van der Waals surface area contributed by atoms with Crippen LogP contribution in [0.4, 0.5) is 0 Å². The van der Waals surface area contributed by atoms with Gasteiger partial charge in [-0.2, -0.15) is 9.40 Å². The predicted octanol–water partition coefficient (Wildman–Crippen LogP) is -0.252. The van der Waals surface area contributed by atoms with Crippen molar-refractivity contribution in [2.45, 2.75) is 31.2 Å². The Balaban J connectivity index is 2.35. The van der Waals surface area contributed by atoms with Gasteiger partial charge in [0.2, 0.25) is 10.0 Å². The first-order chi connectivity index (χ1) is 7.24. The Bertz CT molecular complexity index is 490. The van der Waals surface area contributed by atoms with E-state index in [4.69, 9.17) is 5.73 Å². The summed E-state index contributed by atoms with van der Waals surface area (Å²) in [4.78, 5) is 0.281. The van der Waals surface area contributed by atoms with Gasteiger partial charge in [0.15, 0.2) is 0 Å². The van der Waals surface area contributed by atoms with E-state index in [2.05, 4.69) is 10.2 Å². The SMILES string of the molecule is Cc1n[nH]c(C)c1S(=O)(=O)N1CC(C)(N)C1. The monoisotopic (exact) mass is 244 g/mol. The van der Waals surface area contributed by atoms with E-state index in [0.29, 0.717) is 24.5 Å². The minimum absolute atomic E-state index is 0.281. The van der Waals surface area contributed by atoms with Crippen molar-refractivity contribution in [2.75, 3.05) is 13.1 Å². The van der Waals surface area contributed by atoms with E-state index >= 15 is 0 Å². The van der Waals surface area contributed by atoms with Crippen LogP contribution in [-0.4, -0.2) is 41.5 Å². The molecule has 1 aliphatic heterocycles. The van der Waals surface area contributed by atoms with E-state index in [0.717, 1.165) is 0 Å². The highest BCUT2D eigenvalue weighted by Crippen LogP contribution is 2.28. The van der Waals surface area contributed by atoms with Gasteiger partial charge in [-0.1, -0.05) is 0 Å². The van der Waals surface area contributed by atoms with E-state index in [1.807, 2.05) is 6.92 Å². The predicted molar refractivity (Wildman–Crippen MR) is 59.4 cm³/mol. The Morgan fingerprint density at radius 2 is 2.00 bits per heavy atom. The largest absolute Gasteiger partial charge is 0.323 e. The molecule has 3 N–H and O–H groups in total. The molecule has 0 unspecified atom stereocenters. The van der Waals surface area contributed by atoms with Crippen molar-refractivity contribution in [1.82, 2.24) is 14.5 Å². The maximum absolute atomic E-state index is 12.2. The summed E-state index contributed by atoms with van der Waals surface area (Å²) < 4.78 is 25.8. The number of nitrogens with two attached hydrogens (primary N) is 1. The van der Waals surface area contributed by atoms with Crippen molar-refractivity contribution >= 4 is 10.0 Å². The van der Waals surface area contributed by atoms with E-state index in [1.165, 1.54) is 4.31 Å². The topological polar surface area (TPSA) is 92.1 Å². The molecule has 0 radical (unpaired) electrons. The normalized spacial score (nSPS) is 20.8. The fourth-order valence-electron chi connectivity index (χ4n) is 1.98. The average molecular weight is 244 g/mol. The van der Waals surface area contributed by atoms with Crippen LogP contribution in [0.5, 0.6) is 0 Å². The van der Waals surface area contributed by atoms with Gasteiger partial charge in [-0.05, 0) is 20.8 Å². The van der Waals surface area contributed by atoms with Crippen molar-refractivity contribution in [2.24, 2.45) is 5.73 Å². The Morgan fingerprint density at radius 1 is 1.44 bits per heavy atom. The minimum atomic E-state index is -3.43. The molecular weight excluding hydrogens is 228 g/mol. The van der Waals surface area contributed by atoms with Gasteiger partial charge in [-0.15, -0.1) is 0 Å². The molecule has 0 amide bonds. The van der Waals surface area contributed by atoms with Gasteiger partial charge < -0.3 is 5.73 Å².